The van der Waals surface area contributed by atoms with E-state index in [1.807, 2.05) is 0 Å². The van der Waals surface area contributed by atoms with Crippen LogP contribution in [0.5, 0.6) is 5.75 Å². The maximum Gasteiger partial charge on any atom is 0.416 e. The van der Waals surface area contributed by atoms with Gasteiger partial charge in [-0.1, -0.05) is 17.7 Å². The molecule has 4 nitrogen and oxygen atoms in total. The number of ether oxygens (including phenoxy) is 2. The van der Waals surface area contributed by atoms with Crippen molar-refractivity contribution < 1.29 is 53.8 Å². The molecule has 0 N–H and O–H groups in total. The Kier molecular flexibility index (Phi) is 7.13. The Balaban J connectivity index is 1.61. The largest absolute Gasteiger partial charge is 0.496 e. The second-order valence-electron chi connectivity index (χ2n) is 10.2. The number of amides is 1. The summed E-state index contributed by atoms with van der Waals surface area (Å²) >= 11 is 0. The Morgan fingerprint density at radius 3 is 1.95 bits per heavy atom. The predicted molar refractivity (Wildman–Crippen MR) is 131 cm³/mol. The molecule has 2 aliphatic rings. The van der Waals surface area contributed by atoms with Gasteiger partial charge in [-0.3, -0.25) is 4.90 Å². The molecule has 0 radical (unpaired) electrons. The lowest BCUT2D eigenvalue weighted by Gasteiger charge is -2.26. The molecule has 2 fully saturated rings. The second-order valence-corrected chi connectivity index (χ2v) is 10.2. The summed E-state index contributed by atoms with van der Waals surface area (Å²) in [5, 5.41) is 0. The third-order valence-corrected chi connectivity index (χ3v) is 7.54. The molecule has 2 aliphatic heterocycles. The number of nitrogens with zero attached hydrogens (tertiary/aromatic N) is 1. The van der Waals surface area contributed by atoms with Gasteiger partial charge in [0.2, 0.25) is 0 Å². The number of rotatable bonds is 4. The first-order valence-electron chi connectivity index (χ1n) is 12.6. The van der Waals surface area contributed by atoms with Crippen molar-refractivity contribution in [1.29, 1.82) is 0 Å². The van der Waals surface area contributed by atoms with E-state index in [2.05, 4.69) is 0 Å². The van der Waals surface area contributed by atoms with Crippen LogP contribution in [-0.4, -0.2) is 24.1 Å². The van der Waals surface area contributed by atoms with Crippen molar-refractivity contribution in [1.82, 2.24) is 4.90 Å². The summed E-state index contributed by atoms with van der Waals surface area (Å²) in [5.74, 6) is 0.349. The minimum Gasteiger partial charge on any atom is -0.496 e. The standard InChI is InChI=1S/C29H22F9NO3/c1-14-3-8-24(41-2)21(9-14)19-5-4-16(27(30,31)32)13-20(19)22-6-7-23-25(42-26(40)39(22)23)15-10-17(28(33,34)35)12-18(11-15)29(36,37)38/h3-5,8-13,22-23,25H,6-7H2,1-2H3/t22-,23-,25+/m0/s1. The van der Waals surface area contributed by atoms with E-state index in [0.29, 0.717) is 29.0 Å². The Hall–Kier alpha value is -3.90. The van der Waals surface area contributed by atoms with Crippen molar-refractivity contribution >= 4 is 6.09 Å². The van der Waals surface area contributed by atoms with Crippen molar-refractivity contribution in [2.75, 3.05) is 7.11 Å². The molecule has 0 unspecified atom stereocenters. The van der Waals surface area contributed by atoms with Crippen molar-refractivity contribution in [3.05, 3.63) is 88.0 Å². The van der Waals surface area contributed by atoms with Crippen LogP contribution in [0, 0.1) is 6.92 Å². The van der Waals surface area contributed by atoms with Gasteiger partial charge in [0.05, 0.1) is 35.9 Å². The highest BCUT2D eigenvalue weighted by atomic mass is 19.4. The van der Waals surface area contributed by atoms with Crippen LogP contribution in [0.3, 0.4) is 0 Å². The zero-order valence-electron chi connectivity index (χ0n) is 21.9. The SMILES string of the molecule is COc1ccc(C)cc1-c1ccc(C(F)(F)F)cc1[C@@H]1CC[C@H]2[C@@H](c3cc(C(F)(F)F)cc(C(F)(F)F)c3)OC(=O)N12. The van der Waals surface area contributed by atoms with E-state index >= 15 is 0 Å². The molecular weight excluding hydrogens is 581 g/mol. The lowest BCUT2D eigenvalue weighted by molar-refractivity contribution is -0.143. The van der Waals surface area contributed by atoms with Crippen molar-refractivity contribution in [3.63, 3.8) is 0 Å². The highest BCUT2D eigenvalue weighted by Crippen LogP contribution is 2.51. The van der Waals surface area contributed by atoms with Crippen LogP contribution in [0.2, 0.25) is 0 Å². The molecule has 5 rings (SSSR count). The van der Waals surface area contributed by atoms with Gasteiger partial charge < -0.3 is 9.47 Å². The smallest absolute Gasteiger partial charge is 0.416 e. The number of benzene rings is 3. The van der Waals surface area contributed by atoms with Gasteiger partial charge in [-0.25, -0.2) is 4.79 Å². The van der Waals surface area contributed by atoms with Crippen LogP contribution >= 0.6 is 0 Å². The van der Waals surface area contributed by atoms with Crippen LogP contribution < -0.4 is 4.74 Å². The minimum atomic E-state index is -5.11. The average molecular weight is 603 g/mol. The number of methoxy groups -OCH3 is 1. The van der Waals surface area contributed by atoms with Crippen LogP contribution in [-0.2, 0) is 23.3 Å². The normalized spacial score (nSPS) is 21.0. The minimum absolute atomic E-state index is 0.0281. The number of cyclic esters (lactones) is 1. The van der Waals surface area contributed by atoms with Gasteiger partial charge >= 0.3 is 24.6 Å². The molecule has 2 saturated heterocycles. The van der Waals surface area contributed by atoms with E-state index in [-0.39, 0.29) is 24.5 Å². The molecule has 3 aromatic carbocycles. The number of halogens is 9. The zero-order chi connectivity index (χ0) is 30.8. The second kappa shape index (κ2) is 10.1. The van der Waals surface area contributed by atoms with Gasteiger partial charge in [-0.15, -0.1) is 0 Å². The van der Waals surface area contributed by atoms with E-state index < -0.39 is 65.1 Å². The number of carbonyl (C=O) groups is 1. The molecule has 0 spiro atoms. The maximum atomic E-state index is 13.8. The third-order valence-electron chi connectivity index (χ3n) is 7.54. The van der Waals surface area contributed by atoms with E-state index in [0.717, 1.165) is 22.6 Å². The average Bonchev–Trinajstić information content (AvgIpc) is 3.48. The Labute approximate surface area is 233 Å². The molecular formula is C29H22F9NO3. The van der Waals surface area contributed by atoms with E-state index in [4.69, 9.17) is 9.47 Å². The number of hydrogen-bond acceptors (Lipinski definition) is 3. The first-order chi connectivity index (χ1) is 19.5. The molecule has 2 heterocycles. The van der Waals surface area contributed by atoms with Gasteiger partial charge in [0.15, 0.2) is 0 Å². The van der Waals surface area contributed by atoms with Gasteiger partial charge in [0, 0.05) is 5.56 Å². The summed E-state index contributed by atoms with van der Waals surface area (Å²) in [6.45, 7) is 1.77. The number of aryl methyl sites for hydroxylation is 1. The van der Waals surface area contributed by atoms with Crippen LogP contribution in [0.4, 0.5) is 44.3 Å². The fourth-order valence-corrected chi connectivity index (χ4v) is 5.68. The molecule has 42 heavy (non-hydrogen) atoms. The quantitative estimate of drug-likeness (QED) is 0.279. The fourth-order valence-electron chi connectivity index (χ4n) is 5.68. The summed E-state index contributed by atoms with van der Waals surface area (Å²) in [4.78, 5) is 14.2. The number of hydrogen-bond donors (Lipinski definition) is 0. The fraction of sp³-hybridized carbons (Fsp3) is 0.345. The first-order valence-corrected chi connectivity index (χ1v) is 12.6. The first kappa shape index (κ1) is 29.6. The van der Waals surface area contributed by atoms with Gasteiger partial charge in [0.1, 0.15) is 11.9 Å². The molecule has 0 bridgehead atoms. The maximum absolute atomic E-state index is 13.8. The predicted octanol–water partition coefficient (Wildman–Crippen LogP) is 9.12. The number of alkyl halides is 9. The lowest BCUT2D eigenvalue weighted by Crippen LogP contribution is -2.31. The highest BCUT2D eigenvalue weighted by molar-refractivity contribution is 5.78. The third kappa shape index (κ3) is 5.36. The van der Waals surface area contributed by atoms with Gasteiger partial charge in [-0.2, -0.15) is 39.5 Å². The Morgan fingerprint density at radius 1 is 0.762 bits per heavy atom. The van der Waals surface area contributed by atoms with Gasteiger partial charge in [0.25, 0.3) is 0 Å². The van der Waals surface area contributed by atoms with Crippen LogP contribution in [0.1, 0.15) is 58.4 Å². The summed E-state index contributed by atoms with van der Waals surface area (Å²) in [5.41, 5.74) is -3.01. The van der Waals surface area contributed by atoms with E-state index in [1.165, 1.54) is 13.2 Å². The summed E-state index contributed by atoms with van der Waals surface area (Å²) < 4.78 is 133. The molecule has 3 atom stereocenters. The molecule has 13 heteroatoms. The van der Waals surface area contributed by atoms with Crippen LogP contribution in [0.25, 0.3) is 11.1 Å². The van der Waals surface area contributed by atoms with Crippen molar-refractivity contribution in [3.8, 4) is 16.9 Å². The van der Waals surface area contributed by atoms with Crippen molar-refractivity contribution in [2.24, 2.45) is 0 Å². The molecule has 0 saturated carbocycles. The molecule has 3 aromatic rings. The number of fused-ring (bicyclic) bond motifs is 1. The topological polar surface area (TPSA) is 38.8 Å². The molecule has 0 aromatic heterocycles. The molecule has 224 valence electrons. The lowest BCUT2D eigenvalue weighted by atomic mass is 9.90. The van der Waals surface area contributed by atoms with Gasteiger partial charge in [-0.05, 0) is 78.9 Å². The zero-order valence-corrected chi connectivity index (χ0v) is 21.9. The van der Waals surface area contributed by atoms with E-state index in [1.54, 1.807) is 25.1 Å². The summed E-state index contributed by atoms with van der Waals surface area (Å²) in [6, 6.07) is 7.05. The Morgan fingerprint density at radius 2 is 1.38 bits per heavy atom. The Bertz CT molecular complexity index is 1500. The summed E-state index contributed by atoms with van der Waals surface area (Å²) in [7, 11) is 1.39. The van der Waals surface area contributed by atoms with Crippen molar-refractivity contribution in [2.45, 2.75) is 56.5 Å². The van der Waals surface area contributed by atoms with E-state index in [9.17, 15) is 44.3 Å². The highest BCUT2D eigenvalue weighted by Gasteiger charge is 2.52. The van der Waals surface area contributed by atoms with Crippen LogP contribution in [0.15, 0.2) is 54.6 Å². The molecule has 1 amide bonds. The molecule has 0 aliphatic carbocycles. The monoisotopic (exact) mass is 603 g/mol. The number of carbonyl (C=O) groups excluding carboxylic acids is 1. The summed E-state index contributed by atoms with van der Waals surface area (Å²) in [6.07, 6.45) is -17.4.